The molecule has 6 heteroatoms. The maximum Gasteiger partial charge on any atom is 0.323 e. The Labute approximate surface area is 130 Å². The largest absolute Gasteiger partial charge is 0.465 e. The summed E-state index contributed by atoms with van der Waals surface area (Å²) in [4.78, 5) is 16.7. The highest BCUT2D eigenvalue weighted by Gasteiger charge is 2.34. The Balaban J connectivity index is 1.98. The normalized spacial score (nSPS) is 15.7. The SMILES string of the molecule is CCOC(=O)C(c1nc(C2CC2)no1)c1ccccc1Br. The first kappa shape index (κ1) is 14.3. The molecular formula is C15H15BrN2O3. The molecule has 0 bridgehead atoms. The van der Waals surface area contributed by atoms with Crippen molar-refractivity contribution in [3.05, 3.63) is 46.0 Å². The predicted octanol–water partition coefficient (Wildman–Crippen LogP) is 3.40. The van der Waals surface area contributed by atoms with Crippen LogP contribution in [0.4, 0.5) is 0 Å². The molecule has 0 N–H and O–H groups in total. The number of carbonyl (C=O) groups is 1. The average molecular weight is 351 g/mol. The molecule has 1 heterocycles. The van der Waals surface area contributed by atoms with Gasteiger partial charge in [-0.05, 0) is 31.4 Å². The molecule has 21 heavy (non-hydrogen) atoms. The van der Waals surface area contributed by atoms with Crippen LogP contribution >= 0.6 is 15.9 Å². The van der Waals surface area contributed by atoms with Crippen LogP contribution in [0.15, 0.2) is 33.3 Å². The molecule has 1 aromatic carbocycles. The van der Waals surface area contributed by atoms with Crippen molar-refractivity contribution in [2.75, 3.05) is 6.61 Å². The Kier molecular flexibility index (Phi) is 4.05. The van der Waals surface area contributed by atoms with Gasteiger partial charge in [0.15, 0.2) is 11.7 Å². The number of ether oxygens (including phenoxy) is 1. The molecule has 0 amide bonds. The molecule has 1 aromatic heterocycles. The summed E-state index contributed by atoms with van der Waals surface area (Å²) in [6.07, 6.45) is 2.16. The first-order valence-electron chi connectivity index (χ1n) is 6.95. The van der Waals surface area contributed by atoms with Crippen molar-refractivity contribution < 1.29 is 14.1 Å². The number of esters is 1. The molecule has 110 valence electrons. The molecule has 5 nitrogen and oxygen atoms in total. The topological polar surface area (TPSA) is 65.2 Å². The number of benzene rings is 1. The van der Waals surface area contributed by atoms with Gasteiger partial charge in [0.2, 0.25) is 5.89 Å². The minimum atomic E-state index is -0.694. The highest BCUT2D eigenvalue weighted by Crippen LogP contribution is 2.39. The monoisotopic (exact) mass is 350 g/mol. The number of halogens is 1. The van der Waals surface area contributed by atoms with Gasteiger partial charge in [-0.3, -0.25) is 4.79 Å². The van der Waals surface area contributed by atoms with Crippen LogP contribution in [-0.2, 0) is 9.53 Å². The molecule has 0 spiro atoms. The zero-order chi connectivity index (χ0) is 14.8. The second-order valence-corrected chi connectivity index (χ2v) is 5.83. The minimum Gasteiger partial charge on any atom is -0.465 e. The van der Waals surface area contributed by atoms with E-state index < -0.39 is 5.92 Å². The standard InChI is InChI=1S/C15H15BrN2O3/c1-2-20-15(19)12(10-5-3-4-6-11(10)16)14-17-13(18-21-14)9-7-8-9/h3-6,9,12H,2,7-8H2,1H3. The van der Waals surface area contributed by atoms with Crippen molar-refractivity contribution in [1.29, 1.82) is 0 Å². The summed E-state index contributed by atoms with van der Waals surface area (Å²) < 4.78 is 11.3. The van der Waals surface area contributed by atoms with Gasteiger partial charge in [-0.1, -0.05) is 39.3 Å². The van der Waals surface area contributed by atoms with Gasteiger partial charge in [-0.15, -0.1) is 0 Å². The van der Waals surface area contributed by atoms with Gasteiger partial charge in [0.05, 0.1) is 6.61 Å². The lowest BCUT2D eigenvalue weighted by Gasteiger charge is -2.13. The predicted molar refractivity (Wildman–Crippen MR) is 78.9 cm³/mol. The first-order chi connectivity index (χ1) is 10.2. The Morgan fingerprint density at radius 2 is 2.24 bits per heavy atom. The van der Waals surface area contributed by atoms with Crippen molar-refractivity contribution in [2.24, 2.45) is 0 Å². The van der Waals surface area contributed by atoms with Crippen LogP contribution in [0, 0.1) is 0 Å². The molecule has 1 aliphatic rings. The van der Waals surface area contributed by atoms with Crippen molar-refractivity contribution >= 4 is 21.9 Å². The summed E-state index contributed by atoms with van der Waals surface area (Å²) in [6, 6.07) is 7.48. The molecule has 0 radical (unpaired) electrons. The number of aromatic nitrogens is 2. The maximum atomic E-state index is 12.3. The third-order valence-corrected chi connectivity index (χ3v) is 4.11. The lowest BCUT2D eigenvalue weighted by molar-refractivity contribution is -0.144. The van der Waals surface area contributed by atoms with E-state index >= 15 is 0 Å². The number of hydrogen-bond donors (Lipinski definition) is 0. The van der Waals surface area contributed by atoms with E-state index in [1.54, 1.807) is 6.92 Å². The van der Waals surface area contributed by atoms with E-state index in [1.165, 1.54) is 0 Å². The van der Waals surface area contributed by atoms with Gasteiger partial charge in [0.1, 0.15) is 0 Å². The smallest absolute Gasteiger partial charge is 0.323 e. The molecule has 1 saturated carbocycles. The number of rotatable bonds is 5. The van der Waals surface area contributed by atoms with Gasteiger partial charge in [0, 0.05) is 10.4 Å². The number of hydrogen-bond acceptors (Lipinski definition) is 5. The van der Waals surface area contributed by atoms with E-state index in [0.717, 1.165) is 22.9 Å². The van der Waals surface area contributed by atoms with Crippen molar-refractivity contribution in [3.8, 4) is 0 Å². The number of carbonyl (C=O) groups excluding carboxylic acids is 1. The molecular weight excluding hydrogens is 336 g/mol. The highest BCUT2D eigenvalue weighted by atomic mass is 79.9. The fourth-order valence-electron chi connectivity index (χ4n) is 2.17. The molecule has 1 fully saturated rings. The molecule has 1 unspecified atom stereocenters. The second-order valence-electron chi connectivity index (χ2n) is 4.97. The second kappa shape index (κ2) is 5.97. The minimum absolute atomic E-state index is 0.294. The summed E-state index contributed by atoms with van der Waals surface area (Å²) in [6.45, 7) is 2.09. The lowest BCUT2D eigenvalue weighted by Crippen LogP contribution is -2.18. The van der Waals surface area contributed by atoms with Gasteiger partial charge in [-0.2, -0.15) is 4.98 Å². The Hall–Kier alpha value is -1.69. The van der Waals surface area contributed by atoms with E-state index in [9.17, 15) is 4.79 Å². The fraction of sp³-hybridized carbons (Fsp3) is 0.400. The van der Waals surface area contributed by atoms with Crippen LogP contribution in [0.25, 0.3) is 0 Å². The van der Waals surface area contributed by atoms with Crippen LogP contribution < -0.4 is 0 Å². The molecule has 1 aliphatic carbocycles. The molecule has 2 aromatic rings. The summed E-state index contributed by atoms with van der Waals surface area (Å²) in [5.74, 6) is 0.286. The Morgan fingerprint density at radius 3 is 2.90 bits per heavy atom. The number of nitrogens with zero attached hydrogens (tertiary/aromatic N) is 2. The summed E-state index contributed by atoms with van der Waals surface area (Å²) in [5.41, 5.74) is 0.766. The highest BCUT2D eigenvalue weighted by molar-refractivity contribution is 9.10. The van der Waals surface area contributed by atoms with Crippen molar-refractivity contribution in [1.82, 2.24) is 10.1 Å². The Bertz CT molecular complexity index is 652. The third kappa shape index (κ3) is 3.00. The molecule has 0 saturated heterocycles. The third-order valence-electron chi connectivity index (χ3n) is 3.39. The van der Waals surface area contributed by atoms with Crippen molar-refractivity contribution in [2.45, 2.75) is 31.6 Å². The summed E-state index contributed by atoms with van der Waals surface area (Å²) in [7, 11) is 0. The zero-order valence-electron chi connectivity index (χ0n) is 11.6. The van der Waals surface area contributed by atoms with Gasteiger partial charge >= 0.3 is 5.97 Å². The van der Waals surface area contributed by atoms with Crippen LogP contribution in [0.1, 0.15) is 48.9 Å². The van der Waals surface area contributed by atoms with Gasteiger partial charge in [-0.25, -0.2) is 0 Å². The van der Waals surface area contributed by atoms with E-state index in [4.69, 9.17) is 9.26 Å². The van der Waals surface area contributed by atoms with E-state index in [1.807, 2.05) is 24.3 Å². The first-order valence-corrected chi connectivity index (χ1v) is 7.74. The van der Waals surface area contributed by atoms with E-state index in [2.05, 4.69) is 26.1 Å². The molecule has 3 rings (SSSR count). The maximum absolute atomic E-state index is 12.3. The van der Waals surface area contributed by atoms with Crippen LogP contribution in [0.5, 0.6) is 0 Å². The van der Waals surface area contributed by atoms with Crippen molar-refractivity contribution in [3.63, 3.8) is 0 Å². The fourth-order valence-corrected chi connectivity index (χ4v) is 2.68. The van der Waals surface area contributed by atoms with E-state index in [-0.39, 0.29) is 5.97 Å². The lowest BCUT2D eigenvalue weighted by atomic mass is 9.99. The van der Waals surface area contributed by atoms with Gasteiger partial charge in [0.25, 0.3) is 0 Å². The van der Waals surface area contributed by atoms with Crippen LogP contribution in [0.2, 0.25) is 0 Å². The Morgan fingerprint density at radius 1 is 1.48 bits per heavy atom. The molecule has 1 atom stereocenters. The average Bonchev–Trinajstić information content (AvgIpc) is 3.21. The van der Waals surface area contributed by atoms with Crippen LogP contribution in [-0.4, -0.2) is 22.7 Å². The van der Waals surface area contributed by atoms with E-state index in [0.29, 0.717) is 24.2 Å². The summed E-state index contributed by atoms with van der Waals surface area (Å²) in [5, 5.41) is 3.99. The van der Waals surface area contributed by atoms with Crippen LogP contribution in [0.3, 0.4) is 0 Å². The quantitative estimate of drug-likeness (QED) is 0.773. The molecule has 0 aliphatic heterocycles. The van der Waals surface area contributed by atoms with Gasteiger partial charge < -0.3 is 9.26 Å². The summed E-state index contributed by atoms with van der Waals surface area (Å²) >= 11 is 3.46. The zero-order valence-corrected chi connectivity index (χ0v) is 13.2.